The number of ether oxygens (including phenoxy) is 1. The monoisotopic (exact) mass is 262 g/mol. The van der Waals surface area contributed by atoms with Crippen LogP contribution in [-0.4, -0.2) is 25.2 Å². The molecular formula is C14H18N2O3. The largest absolute Gasteiger partial charge is 0.450 e. The maximum Gasteiger partial charge on any atom is 0.404 e. The first-order valence-electron chi connectivity index (χ1n) is 6.11. The molecule has 5 nitrogen and oxygen atoms in total. The van der Waals surface area contributed by atoms with Gasteiger partial charge in [0.2, 0.25) is 5.91 Å². The number of amides is 2. The Morgan fingerprint density at radius 1 is 1.21 bits per heavy atom. The van der Waals surface area contributed by atoms with Crippen LogP contribution in [0, 0.1) is 0 Å². The molecule has 0 aliphatic rings. The van der Waals surface area contributed by atoms with Gasteiger partial charge in [-0.3, -0.25) is 4.79 Å². The summed E-state index contributed by atoms with van der Waals surface area (Å²) in [5.74, 6) is -0.139. The van der Waals surface area contributed by atoms with Crippen LogP contribution in [0.1, 0.15) is 18.4 Å². The molecule has 0 radical (unpaired) electrons. The van der Waals surface area contributed by atoms with Gasteiger partial charge in [-0.25, -0.2) is 4.79 Å². The second kappa shape index (κ2) is 8.74. The van der Waals surface area contributed by atoms with E-state index in [0.29, 0.717) is 13.0 Å². The zero-order valence-electron chi connectivity index (χ0n) is 10.7. The molecule has 2 amide bonds. The lowest BCUT2D eigenvalue weighted by Gasteiger charge is -2.02. The molecule has 0 saturated carbocycles. The summed E-state index contributed by atoms with van der Waals surface area (Å²) in [5.41, 5.74) is 5.79. The van der Waals surface area contributed by atoms with Crippen LogP contribution < -0.4 is 11.1 Å². The number of carbonyl (C=O) groups excluding carboxylic acids is 2. The Balaban J connectivity index is 2.11. The molecule has 0 heterocycles. The summed E-state index contributed by atoms with van der Waals surface area (Å²) >= 11 is 0. The molecule has 19 heavy (non-hydrogen) atoms. The third-order valence-electron chi connectivity index (χ3n) is 2.34. The molecule has 0 bridgehead atoms. The van der Waals surface area contributed by atoms with E-state index in [1.807, 2.05) is 30.3 Å². The van der Waals surface area contributed by atoms with Crippen molar-refractivity contribution in [2.45, 2.75) is 12.8 Å². The van der Waals surface area contributed by atoms with Crippen LogP contribution in [0.3, 0.4) is 0 Å². The molecule has 0 aromatic heterocycles. The number of rotatable bonds is 7. The fourth-order valence-corrected chi connectivity index (χ4v) is 1.41. The molecule has 0 atom stereocenters. The van der Waals surface area contributed by atoms with E-state index >= 15 is 0 Å². The predicted octanol–water partition coefficient (Wildman–Crippen LogP) is 1.69. The highest BCUT2D eigenvalue weighted by molar-refractivity contribution is 5.91. The summed E-state index contributed by atoms with van der Waals surface area (Å²) < 4.78 is 4.57. The van der Waals surface area contributed by atoms with E-state index in [4.69, 9.17) is 5.73 Å². The minimum Gasteiger partial charge on any atom is -0.450 e. The van der Waals surface area contributed by atoms with E-state index in [1.54, 1.807) is 6.08 Å². The minimum atomic E-state index is -0.769. The molecule has 0 saturated heterocycles. The number of nitrogens with one attached hydrogen (secondary N) is 1. The van der Waals surface area contributed by atoms with Gasteiger partial charge in [-0.1, -0.05) is 30.3 Å². The highest BCUT2D eigenvalue weighted by Gasteiger charge is 1.96. The van der Waals surface area contributed by atoms with Crippen molar-refractivity contribution in [1.29, 1.82) is 0 Å². The van der Waals surface area contributed by atoms with Gasteiger partial charge in [0.05, 0.1) is 6.61 Å². The third kappa shape index (κ3) is 7.59. The van der Waals surface area contributed by atoms with E-state index in [-0.39, 0.29) is 12.5 Å². The number of unbranched alkanes of at least 4 members (excludes halogenated alkanes) is 1. The molecule has 1 aromatic rings. The van der Waals surface area contributed by atoms with E-state index in [0.717, 1.165) is 12.0 Å². The number of hydrogen-bond donors (Lipinski definition) is 2. The lowest BCUT2D eigenvalue weighted by molar-refractivity contribution is -0.116. The van der Waals surface area contributed by atoms with Gasteiger partial charge in [-0.05, 0) is 24.5 Å². The van der Waals surface area contributed by atoms with Crippen molar-refractivity contribution >= 4 is 18.1 Å². The van der Waals surface area contributed by atoms with Crippen LogP contribution in [0.2, 0.25) is 0 Å². The zero-order chi connectivity index (χ0) is 13.9. The Morgan fingerprint density at radius 3 is 2.63 bits per heavy atom. The van der Waals surface area contributed by atoms with Gasteiger partial charge in [-0.15, -0.1) is 0 Å². The van der Waals surface area contributed by atoms with Crippen molar-refractivity contribution in [3.63, 3.8) is 0 Å². The molecular weight excluding hydrogens is 244 g/mol. The van der Waals surface area contributed by atoms with Crippen LogP contribution in [0.15, 0.2) is 36.4 Å². The van der Waals surface area contributed by atoms with Gasteiger partial charge < -0.3 is 15.8 Å². The highest BCUT2D eigenvalue weighted by atomic mass is 16.5. The first kappa shape index (κ1) is 14.8. The second-order valence-electron chi connectivity index (χ2n) is 3.91. The zero-order valence-corrected chi connectivity index (χ0v) is 10.7. The molecule has 1 rings (SSSR count). The summed E-state index contributed by atoms with van der Waals surface area (Å²) in [5, 5.41) is 2.74. The Kier molecular flexibility index (Phi) is 6.79. The number of nitrogens with two attached hydrogens (primary N) is 1. The lowest BCUT2D eigenvalue weighted by atomic mass is 10.2. The molecule has 102 valence electrons. The Bertz CT molecular complexity index is 430. The molecule has 5 heteroatoms. The maximum atomic E-state index is 11.5. The van der Waals surface area contributed by atoms with Crippen LogP contribution in [0.5, 0.6) is 0 Å². The fraction of sp³-hybridized carbons (Fsp3) is 0.286. The van der Waals surface area contributed by atoms with E-state index < -0.39 is 6.09 Å². The topological polar surface area (TPSA) is 81.4 Å². The van der Waals surface area contributed by atoms with Gasteiger partial charge in [0.15, 0.2) is 0 Å². The van der Waals surface area contributed by atoms with E-state index in [1.165, 1.54) is 6.08 Å². The third-order valence-corrected chi connectivity index (χ3v) is 2.34. The van der Waals surface area contributed by atoms with Crippen molar-refractivity contribution < 1.29 is 14.3 Å². The molecule has 0 unspecified atom stereocenters. The predicted molar refractivity (Wildman–Crippen MR) is 73.3 cm³/mol. The summed E-state index contributed by atoms with van der Waals surface area (Å²) in [6.07, 6.45) is 3.89. The lowest BCUT2D eigenvalue weighted by Crippen LogP contribution is -2.22. The summed E-state index contributed by atoms with van der Waals surface area (Å²) in [4.78, 5) is 21.7. The van der Waals surface area contributed by atoms with Crippen LogP contribution in [0.4, 0.5) is 4.79 Å². The summed E-state index contributed by atoms with van der Waals surface area (Å²) in [7, 11) is 0. The van der Waals surface area contributed by atoms with Crippen molar-refractivity contribution in [3.05, 3.63) is 42.0 Å². The number of carbonyl (C=O) groups is 2. The average Bonchev–Trinajstić information content (AvgIpc) is 2.41. The molecule has 0 aliphatic carbocycles. The average molecular weight is 262 g/mol. The quantitative estimate of drug-likeness (QED) is 0.579. The second-order valence-corrected chi connectivity index (χ2v) is 3.91. The van der Waals surface area contributed by atoms with E-state index in [9.17, 15) is 9.59 Å². The molecule has 3 N–H and O–H groups in total. The van der Waals surface area contributed by atoms with Crippen LogP contribution in [-0.2, 0) is 9.53 Å². The normalized spacial score (nSPS) is 10.3. The van der Waals surface area contributed by atoms with Gasteiger partial charge in [0, 0.05) is 12.6 Å². The smallest absolute Gasteiger partial charge is 0.404 e. The van der Waals surface area contributed by atoms with Gasteiger partial charge >= 0.3 is 6.09 Å². The van der Waals surface area contributed by atoms with Crippen LogP contribution >= 0.6 is 0 Å². The molecule has 0 fully saturated rings. The molecule has 0 aliphatic heterocycles. The van der Waals surface area contributed by atoms with Crippen molar-refractivity contribution in [2.24, 2.45) is 5.73 Å². The molecule has 0 spiro atoms. The van der Waals surface area contributed by atoms with Crippen LogP contribution in [0.25, 0.3) is 6.08 Å². The Hall–Kier alpha value is -2.30. The summed E-state index contributed by atoms with van der Waals surface area (Å²) in [6, 6.07) is 9.59. The van der Waals surface area contributed by atoms with E-state index in [2.05, 4.69) is 10.1 Å². The minimum absolute atomic E-state index is 0.139. The first-order chi connectivity index (χ1) is 9.18. The number of hydrogen-bond acceptors (Lipinski definition) is 3. The number of benzene rings is 1. The van der Waals surface area contributed by atoms with Crippen molar-refractivity contribution in [2.75, 3.05) is 13.2 Å². The fourth-order valence-electron chi connectivity index (χ4n) is 1.41. The summed E-state index contributed by atoms with van der Waals surface area (Å²) in [6.45, 7) is 0.825. The maximum absolute atomic E-state index is 11.5. The van der Waals surface area contributed by atoms with Crippen molar-refractivity contribution in [3.8, 4) is 0 Å². The number of primary amides is 1. The SMILES string of the molecule is NC(=O)OCCCCNC(=O)C=Cc1ccccc1. The highest BCUT2D eigenvalue weighted by Crippen LogP contribution is 2.00. The standard InChI is InChI=1S/C14H18N2O3/c15-14(18)19-11-5-4-10-16-13(17)9-8-12-6-2-1-3-7-12/h1-3,6-9H,4-5,10-11H2,(H2,15,18)(H,16,17). The van der Waals surface area contributed by atoms with Gasteiger partial charge in [0.25, 0.3) is 0 Å². The first-order valence-corrected chi connectivity index (χ1v) is 6.11. The molecule has 1 aromatic carbocycles. The van der Waals surface area contributed by atoms with Gasteiger partial charge in [0.1, 0.15) is 0 Å². The Morgan fingerprint density at radius 2 is 1.95 bits per heavy atom. The van der Waals surface area contributed by atoms with Crippen molar-refractivity contribution in [1.82, 2.24) is 5.32 Å². The van der Waals surface area contributed by atoms with Gasteiger partial charge in [-0.2, -0.15) is 0 Å². The Labute approximate surface area is 112 Å².